The molecule has 0 aliphatic rings. The molecule has 0 aliphatic carbocycles. The van der Waals surface area contributed by atoms with Crippen LogP contribution in [0.1, 0.15) is 6.42 Å². The maximum absolute atomic E-state index is 9.82. The predicted octanol–water partition coefficient (Wildman–Crippen LogP) is -0.879. The van der Waals surface area contributed by atoms with Crippen molar-refractivity contribution in [2.45, 2.75) is 12.5 Å². The van der Waals surface area contributed by atoms with Crippen LogP contribution in [-0.4, -0.2) is 23.7 Å². The van der Waals surface area contributed by atoms with Gasteiger partial charge >= 0.3 is 5.97 Å². The zero-order valence-electron chi connectivity index (χ0n) is 5.13. The number of carboxylic acid groups (broad SMARTS) is 1. The van der Waals surface area contributed by atoms with E-state index in [0.717, 1.165) is 0 Å². The molecule has 0 fully saturated rings. The molecule has 0 rings (SSSR count). The van der Waals surface area contributed by atoms with Crippen molar-refractivity contribution in [3.8, 4) is 0 Å². The fourth-order valence-corrected chi connectivity index (χ4v) is 0.313. The Kier molecular flexibility index (Phi) is 8.96. The Labute approximate surface area is 78.9 Å². The van der Waals surface area contributed by atoms with E-state index in [0.29, 0.717) is 6.54 Å². The average molecular weight is 207 g/mol. The molecule has 0 saturated carbocycles. The third-order valence-corrected chi connectivity index (χ3v) is 0.769. The van der Waals surface area contributed by atoms with E-state index in [9.17, 15) is 4.79 Å². The van der Waals surface area contributed by atoms with Crippen LogP contribution in [0.3, 0.4) is 0 Å². The first-order valence-electron chi connectivity index (χ1n) is 2.39. The Balaban J connectivity index is 0. The summed E-state index contributed by atoms with van der Waals surface area (Å²) in [5, 5.41) is 8.07. The quantitative estimate of drug-likeness (QED) is 0.629. The normalized spacial score (nSPS) is 11.8. The molecule has 9 heavy (non-hydrogen) atoms. The van der Waals surface area contributed by atoms with Crippen molar-refractivity contribution in [1.82, 2.24) is 0 Å². The zero-order valence-corrected chi connectivity index (χ0v) is 7.97. The summed E-state index contributed by atoms with van der Waals surface area (Å²) in [6.07, 6.45) is -0.0938. The van der Waals surface area contributed by atoms with Gasteiger partial charge in [0.15, 0.2) is 0 Å². The van der Waals surface area contributed by atoms with Crippen LogP contribution >= 0.6 is 0 Å². The molecule has 5 heteroatoms. The largest absolute Gasteiger partial charge is 0.670 e. The molecule has 0 heterocycles. The fraction of sp³-hybridized carbons (Fsp3) is 0.750. The van der Waals surface area contributed by atoms with E-state index >= 15 is 0 Å². The monoisotopic (exact) mass is 207 g/mol. The van der Waals surface area contributed by atoms with Crippen molar-refractivity contribution in [3.05, 3.63) is 5.73 Å². The van der Waals surface area contributed by atoms with E-state index in [1.165, 1.54) is 0 Å². The number of aliphatic carboxylic acids is 1. The third-order valence-electron chi connectivity index (χ3n) is 0.769. The first kappa shape index (κ1) is 12.2. The molecule has 4 nitrogen and oxygen atoms in total. The minimum Gasteiger partial charge on any atom is -0.670 e. The summed E-state index contributed by atoms with van der Waals surface area (Å²) in [7, 11) is 0. The maximum atomic E-state index is 9.82. The van der Waals surface area contributed by atoms with Gasteiger partial charge in [0, 0.05) is 39.1 Å². The van der Waals surface area contributed by atoms with Gasteiger partial charge in [-0.3, -0.25) is 4.79 Å². The van der Waals surface area contributed by atoms with Crippen molar-refractivity contribution >= 4 is 5.97 Å². The van der Waals surface area contributed by atoms with Gasteiger partial charge in [0.05, 0.1) is 6.54 Å². The molecule has 5 N–H and O–H groups in total. The molecule has 1 atom stereocenters. The number of nitrogens with one attached hydrogen (secondary N) is 1. The van der Waals surface area contributed by atoms with Crippen LogP contribution in [0, 0.1) is 0 Å². The fourth-order valence-electron chi connectivity index (χ4n) is 0.313. The first-order valence-corrected chi connectivity index (χ1v) is 2.39. The Morgan fingerprint density at radius 3 is 2.33 bits per heavy atom. The average Bonchev–Trinajstić information content (AvgIpc) is 1.65. The Hall–Kier alpha value is 0.494. The predicted molar refractivity (Wildman–Crippen MR) is 28.1 cm³/mol. The number of hydrogen-bond donors (Lipinski definition) is 2. The smallest absolute Gasteiger partial charge is 0.302 e. The second-order valence-corrected chi connectivity index (χ2v) is 1.58. The summed E-state index contributed by atoms with van der Waals surface area (Å²) in [5.41, 5.74) is 10.3. The number of quaternary nitrogens is 1. The summed E-state index contributed by atoms with van der Waals surface area (Å²) >= 11 is 0. The molecule has 0 aromatic rings. The van der Waals surface area contributed by atoms with Gasteiger partial charge in [-0.15, -0.1) is 0 Å². The van der Waals surface area contributed by atoms with Crippen LogP contribution < -0.4 is 5.73 Å². The standard InChI is InChI=1S/C4H9N2O2.Y/c5-2-3(6)1-4(7)8;/h3,6H,1-2,5H2,(H,7,8);/q-1;/p+1/t3-;/m1./s1. The Bertz CT molecular complexity index is 88.6. The van der Waals surface area contributed by atoms with Crippen LogP contribution in [0.4, 0.5) is 0 Å². The van der Waals surface area contributed by atoms with E-state index in [-0.39, 0.29) is 39.1 Å². The first-order chi connectivity index (χ1) is 3.66. The second kappa shape index (κ2) is 6.61. The zero-order chi connectivity index (χ0) is 6.57. The van der Waals surface area contributed by atoms with Crippen molar-refractivity contribution in [2.24, 2.45) is 0 Å². The van der Waals surface area contributed by atoms with E-state index < -0.39 is 12.0 Å². The van der Waals surface area contributed by atoms with Crippen LogP contribution in [0.2, 0.25) is 0 Å². The molecule has 0 spiro atoms. The van der Waals surface area contributed by atoms with Gasteiger partial charge in [-0.25, -0.2) is 0 Å². The van der Waals surface area contributed by atoms with Gasteiger partial charge in [-0.05, 0) is 0 Å². The molecule has 1 radical (unpaired) electrons. The molecule has 0 bridgehead atoms. The maximum Gasteiger partial charge on any atom is 0.302 e. The third kappa shape index (κ3) is 8.49. The van der Waals surface area contributed by atoms with E-state index in [4.69, 9.17) is 10.8 Å². The van der Waals surface area contributed by atoms with E-state index in [1.54, 1.807) is 0 Å². The van der Waals surface area contributed by atoms with Gasteiger partial charge in [-0.2, -0.15) is 0 Å². The molecule has 0 saturated heterocycles. The van der Waals surface area contributed by atoms with Crippen LogP contribution in [0.5, 0.6) is 0 Å². The minimum atomic E-state index is -0.923. The van der Waals surface area contributed by atoms with Crippen molar-refractivity contribution in [2.75, 3.05) is 6.54 Å². The number of carbonyl (C=O) groups is 1. The van der Waals surface area contributed by atoms with Crippen LogP contribution in [0.15, 0.2) is 0 Å². The van der Waals surface area contributed by atoms with Crippen LogP contribution in [-0.2, 0) is 37.5 Å². The SMILES string of the molecule is [NH-][C@@H](C[NH3+])CC(=O)O.[Y]. The molecule has 0 aromatic heterocycles. The van der Waals surface area contributed by atoms with Crippen LogP contribution in [0.25, 0.3) is 5.73 Å². The second-order valence-electron chi connectivity index (χ2n) is 1.58. The number of hydrogen-bond acceptors (Lipinski definition) is 1. The van der Waals surface area contributed by atoms with E-state index in [2.05, 4.69) is 5.73 Å². The number of carboxylic acids is 1. The topological polar surface area (TPSA) is 88.7 Å². The van der Waals surface area contributed by atoms with Gasteiger partial charge < -0.3 is 16.6 Å². The van der Waals surface area contributed by atoms with Gasteiger partial charge in [0.1, 0.15) is 0 Å². The van der Waals surface area contributed by atoms with Crippen molar-refractivity contribution in [3.63, 3.8) is 0 Å². The molecule has 0 amide bonds. The molecule has 51 valence electrons. The Morgan fingerprint density at radius 1 is 1.78 bits per heavy atom. The number of rotatable bonds is 3. The molecule has 0 aromatic carbocycles. The Morgan fingerprint density at radius 2 is 2.22 bits per heavy atom. The van der Waals surface area contributed by atoms with E-state index in [1.807, 2.05) is 0 Å². The van der Waals surface area contributed by atoms with Gasteiger partial charge in [0.25, 0.3) is 0 Å². The summed E-state index contributed by atoms with van der Waals surface area (Å²) in [6.45, 7) is 0.367. The van der Waals surface area contributed by atoms with Gasteiger partial charge in [-0.1, -0.05) is 6.04 Å². The molecular weight excluding hydrogens is 197 g/mol. The molecular formula is C4H10N2O2Y. The van der Waals surface area contributed by atoms with Crippen molar-refractivity contribution < 1.29 is 48.3 Å². The van der Waals surface area contributed by atoms with Gasteiger partial charge in [0.2, 0.25) is 0 Å². The molecule has 0 unspecified atom stereocenters. The summed E-state index contributed by atoms with van der Waals surface area (Å²) < 4.78 is 0. The summed E-state index contributed by atoms with van der Waals surface area (Å²) in [4.78, 5) is 9.82. The summed E-state index contributed by atoms with van der Waals surface area (Å²) in [5.74, 6) is -0.923. The summed E-state index contributed by atoms with van der Waals surface area (Å²) in [6, 6.07) is -0.535. The minimum absolute atomic E-state index is 0. The van der Waals surface area contributed by atoms with Crippen molar-refractivity contribution in [1.29, 1.82) is 0 Å². The molecule has 0 aliphatic heterocycles.